The Morgan fingerprint density at radius 2 is 1.72 bits per heavy atom. The molecule has 0 radical (unpaired) electrons. The van der Waals surface area contributed by atoms with Crippen LogP contribution in [-0.4, -0.2) is 42.0 Å². The molecule has 25 heavy (non-hydrogen) atoms. The van der Waals surface area contributed by atoms with E-state index in [0.29, 0.717) is 0 Å². The first kappa shape index (κ1) is 19.2. The first-order chi connectivity index (χ1) is 11.6. The first-order valence-corrected chi connectivity index (χ1v) is 9.07. The van der Waals surface area contributed by atoms with Gasteiger partial charge in [0.25, 0.3) is 0 Å². The van der Waals surface area contributed by atoms with Crippen molar-refractivity contribution >= 4 is 13.5 Å². The van der Waals surface area contributed by atoms with Crippen molar-refractivity contribution in [3.63, 3.8) is 0 Å². The van der Waals surface area contributed by atoms with Crippen molar-refractivity contribution in [2.24, 2.45) is 10.7 Å². The lowest BCUT2D eigenvalue weighted by atomic mass is 9.84. The number of phenols is 1. The number of phenolic OH excluding ortho intramolecular Hbond substituents is 1. The lowest BCUT2D eigenvalue weighted by Crippen LogP contribution is -2.32. The number of rotatable bonds is 5. The Labute approximate surface area is 144 Å². The van der Waals surface area contributed by atoms with E-state index >= 15 is 0 Å². The van der Waals surface area contributed by atoms with Crippen LogP contribution in [0.5, 0.6) is 5.75 Å². The predicted molar refractivity (Wildman–Crippen MR) is 91.5 cm³/mol. The summed E-state index contributed by atoms with van der Waals surface area (Å²) in [6.07, 6.45) is 0.951. The normalized spacial score (nSPS) is 22.2. The summed E-state index contributed by atoms with van der Waals surface area (Å²) in [5, 5.41) is 39.4. The van der Waals surface area contributed by atoms with Gasteiger partial charge >= 0.3 is 7.75 Å². The number of allylic oxidation sites excluding steroid dienone is 2. The Morgan fingerprint density at radius 1 is 1.12 bits per heavy atom. The number of hydrogen-bond acceptors (Lipinski definition) is 5. The molecule has 1 aliphatic carbocycles. The summed E-state index contributed by atoms with van der Waals surface area (Å²) >= 11 is 0. The van der Waals surface area contributed by atoms with Gasteiger partial charge in [0.05, 0.1) is 17.7 Å². The summed E-state index contributed by atoms with van der Waals surface area (Å²) in [5.41, 5.74) is 0.541. The molecule has 1 aromatic rings. The summed E-state index contributed by atoms with van der Waals surface area (Å²) < 4.78 is 14.4. The fourth-order valence-electron chi connectivity index (χ4n) is 2.75. The third kappa shape index (κ3) is 5.17. The fraction of sp³-hybridized carbons (Fsp3) is 0.312. The number of aliphatic hydroxyl groups excluding tert-OH is 3. The number of aromatic hydroxyl groups is 1. The zero-order valence-corrected chi connectivity index (χ0v) is 14.3. The first-order valence-electron chi connectivity index (χ1n) is 7.50. The van der Waals surface area contributed by atoms with Gasteiger partial charge in [-0.3, -0.25) is 0 Å². The highest BCUT2D eigenvalue weighted by Gasteiger charge is 2.33. The molecule has 1 aromatic carbocycles. The van der Waals surface area contributed by atoms with E-state index in [1.54, 1.807) is 12.1 Å². The number of benzene rings is 1. The van der Waals surface area contributed by atoms with Crippen LogP contribution in [0.3, 0.4) is 0 Å². The van der Waals surface area contributed by atoms with Crippen molar-refractivity contribution in [3.8, 4) is 5.75 Å². The highest BCUT2D eigenvalue weighted by molar-refractivity contribution is 7.50. The van der Waals surface area contributed by atoms with E-state index in [9.17, 15) is 25.0 Å². The molecule has 2 rings (SSSR count). The number of nitrogens with zero attached hydrogens (tertiary/aromatic N) is 1. The molecule has 0 aliphatic heterocycles. The maximum Gasteiger partial charge on any atom is 0.448 e. The maximum atomic E-state index is 11.1. The van der Waals surface area contributed by atoms with Crippen LogP contribution in [0.4, 0.5) is 0 Å². The molecule has 9 heteroatoms. The zero-order valence-electron chi connectivity index (χ0n) is 13.4. The molecule has 3 atom stereocenters. The van der Waals surface area contributed by atoms with Crippen molar-refractivity contribution in [2.45, 2.75) is 25.4 Å². The Hall–Kier alpha value is -2.12. The maximum absolute atomic E-state index is 11.1. The zero-order chi connectivity index (χ0) is 18.8. The molecule has 0 saturated carbocycles. The summed E-state index contributed by atoms with van der Waals surface area (Å²) in [7, 11) is -4.81. The minimum atomic E-state index is -4.81. The van der Waals surface area contributed by atoms with Gasteiger partial charge in [-0.2, -0.15) is 4.76 Å². The Kier molecular flexibility index (Phi) is 5.69. The van der Waals surface area contributed by atoms with Crippen LogP contribution in [0, 0.1) is 5.92 Å². The number of hydrogen-bond donors (Lipinski definition) is 6. The Bertz CT molecular complexity index is 763. The fourth-order valence-corrected chi connectivity index (χ4v) is 3.23. The molecular formula is C16H20NO7P. The second-order valence-corrected chi connectivity index (χ2v) is 7.18. The second kappa shape index (κ2) is 7.41. The van der Waals surface area contributed by atoms with Gasteiger partial charge in [-0.05, 0) is 30.0 Å². The van der Waals surface area contributed by atoms with E-state index in [0.717, 1.165) is 17.7 Å². The molecule has 3 unspecified atom stereocenters. The van der Waals surface area contributed by atoms with Gasteiger partial charge in [0, 0.05) is 12.2 Å². The second-order valence-electron chi connectivity index (χ2n) is 5.95. The largest absolute Gasteiger partial charge is 0.511 e. The quantitative estimate of drug-likeness (QED) is 0.436. The monoisotopic (exact) mass is 369 g/mol. The van der Waals surface area contributed by atoms with Gasteiger partial charge in [-0.15, -0.1) is 0 Å². The molecule has 0 fully saturated rings. The molecule has 0 bridgehead atoms. The Balaban J connectivity index is 2.24. The molecule has 0 amide bonds. The van der Waals surface area contributed by atoms with Crippen LogP contribution in [0.25, 0.3) is 0 Å². The molecule has 0 spiro atoms. The SMILES string of the molecule is CC(CC(O)C1C(O)=CC(O)=C/C1=N\P(=O)(O)O)c1ccc(O)cc1. The number of aliphatic hydroxyl groups is 3. The molecule has 0 aromatic heterocycles. The van der Waals surface area contributed by atoms with Crippen molar-refractivity contribution in [1.82, 2.24) is 0 Å². The van der Waals surface area contributed by atoms with Crippen molar-refractivity contribution < 1.29 is 34.8 Å². The molecule has 0 saturated heterocycles. The van der Waals surface area contributed by atoms with Crippen LogP contribution in [-0.2, 0) is 4.57 Å². The van der Waals surface area contributed by atoms with E-state index in [1.165, 1.54) is 12.1 Å². The van der Waals surface area contributed by atoms with Gasteiger partial charge in [-0.1, -0.05) is 19.1 Å². The van der Waals surface area contributed by atoms with Crippen molar-refractivity contribution in [3.05, 3.63) is 53.5 Å². The van der Waals surface area contributed by atoms with E-state index < -0.39 is 31.3 Å². The third-order valence-corrected chi connectivity index (χ3v) is 4.41. The lowest BCUT2D eigenvalue weighted by molar-refractivity contribution is 0.115. The average molecular weight is 369 g/mol. The van der Waals surface area contributed by atoms with Gasteiger partial charge < -0.3 is 30.2 Å². The topological polar surface area (TPSA) is 151 Å². The van der Waals surface area contributed by atoms with Crippen LogP contribution >= 0.6 is 7.75 Å². The summed E-state index contributed by atoms with van der Waals surface area (Å²) in [5.74, 6) is -2.07. The van der Waals surface area contributed by atoms with Crippen LogP contribution in [0.1, 0.15) is 24.8 Å². The summed E-state index contributed by atoms with van der Waals surface area (Å²) in [6, 6.07) is 6.41. The van der Waals surface area contributed by atoms with Crippen LogP contribution in [0.15, 0.2) is 52.7 Å². The van der Waals surface area contributed by atoms with Gasteiger partial charge in [0.15, 0.2) is 0 Å². The molecule has 8 nitrogen and oxygen atoms in total. The lowest BCUT2D eigenvalue weighted by Gasteiger charge is -2.27. The molecule has 6 N–H and O–H groups in total. The standard InChI is InChI=1S/C16H20NO7P/c1-9(10-2-4-11(18)5-3-10)6-14(20)16-13(17-25(22,23)24)7-12(19)8-15(16)21/h2-5,7-9,14,16,18-21H,6H2,1H3,(H2,22,23,24)/b17-13+. The third-order valence-electron chi connectivity index (χ3n) is 3.92. The van der Waals surface area contributed by atoms with Crippen LogP contribution < -0.4 is 0 Å². The van der Waals surface area contributed by atoms with Gasteiger partial charge in [0.2, 0.25) is 0 Å². The predicted octanol–water partition coefficient (Wildman–Crippen LogP) is 2.29. The highest BCUT2D eigenvalue weighted by atomic mass is 31.2. The van der Waals surface area contributed by atoms with Gasteiger partial charge in [-0.25, -0.2) is 4.57 Å². The minimum Gasteiger partial charge on any atom is -0.511 e. The molecule has 1 aliphatic rings. The van der Waals surface area contributed by atoms with E-state index in [4.69, 9.17) is 9.79 Å². The van der Waals surface area contributed by atoms with Crippen molar-refractivity contribution in [1.29, 1.82) is 0 Å². The van der Waals surface area contributed by atoms with Crippen molar-refractivity contribution in [2.75, 3.05) is 0 Å². The molecular weight excluding hydrogens is 349 g/mol. The van der Waals surface area contributed by atoms with Gasteiger partial charge in [0.1, 0.15) is 17.3 Å². The van der Waals surface area contributed by atoms with E-state index in [-0.39, 0.29) is 23.8 Å². The average Bonchev–Trinajstić information content (AvgIpc) is 2.45. The molecule has 0 heterocycles. The minimum absolute atomic E-state index is 0.112. The Morgan fingerprint density at radius 3 is 2.28 bits per heavy atom. The van der Waals surface area contributed by atoms with E-state index in [1.807, 2.05) is 6.92 Å². The molecule has 136 valence electrons. The summed E-state index contributed by atoms with van der Waals surface area (Å²) in [4.78, 5) is 18.1. The van der Waals surface area contributed by atoms with E-state index in [2.05, 4.69) is 4.76 Å². The highest BCUT2D eigenvalue weighted by Crippen LogP contribution is 2.39. The summed E-state index contributed by atoms with van der Waals surface area (Å²) in [6.45, 7) is 1.83. The van der Waals surface area contributed by atoms with Crippen LogP contribution in [0.2, 0.25) is 0 Å². The smallest absolute Gasteiger partial charge is 0.448 e.